The van der Waals surface area contributed by atoms with E-state index < -0.39 is 0 Å². The molecule has 0 aliphatic rings. The number of aromatic nitrogens is 3. The van der Waals surface area contributed by atoms with Crippen LogP contribution in [0, 0.1) is 0 Å². The summed E-state index contributed by atoms with van der Waals surface area (Å²) in [6, 6.07) is 4.78. The Morgan fingerprint density at radius 2 is 2.32 bits per heavy atom. The number of rotatable bonds is 4. The van der Waals surface area contributed by atoms with Crippen LogP contribution in [0.2, 0.25) is 5.02 Å². The molecule has 0 saturated heterocycles. The van der Waals surface area contributed by atoms with Crippen LogP contribution in [0.1, 0.15) is 23.1 Å². The molecule has 0 fully saturated rings. The van der Waals surface area contributed by atoms with Crippen molar-refractivity contribution in [2.75, 3.05) is 5.73 Å². The van der Waals surface area contributed by atoms with Gasteiger partial charge in [-0.15, -0.1) is 10.2 Å². The van der Waals surface area contributed by atoms with Crippen LogP contribution in [0.3, 0.4) is 0 Å². The second-order valence-corrected chi connectivity index (χ2v) is 4.36. The minimum absolute atomic E-state index is 0.268. The SMILES string of the molecule is CCn1cnnc1CNC(=O)c1ccc(N)cc1Cl. The Balaban J connectivity index is 2.05. The van der Waals surface area contributed by atoms with E-state index in [1.807, 2.05) is 11.5 Å². The Labute approximate surface area is 115 Å². The number of benzene rings is 1. The van der Waals surface area contributed by atoms with Crippen LogP contribution in [-0.2, 0) is 13.1 Å². The molecule has 100 valence electrons. The van der Waals surface area contributed by atoms with Gasteiger partial charge in [0.25, 0.3) is 5.91 Å². The van der Waals surface area contributed by atoms with Crippen molar-refractivity contribution in [1.29, 1.82) is 0 Å². The quantitative estimate of drug-likeness (QED) is 0.830. The molecule has 1 heterocycles. The zero-order valence-electron chi connectivity index (χ0n) is 10.4. The predicted molar refractivity (Wildman–Crippen MR) is 72.7 cm³/mol. The van der Waals surface area contributed by atoms with Gasteiger partial charge in [0.15, 0.2) is 5.82 Å². The minimum atomic E-state index is -0.268. The van der Waals surface area contributed by atoms with E-state index in [0.29, 0.717) is 28.6 Å². The van der Waals surface area contributed by atoms with Crippen LogP contribution >= 0.6 is 11.6 Å². The van der Waals surface area contributed by atoms with Gasteiger partial charge in [0.1, 0.15) is 6.33 Å². The van der Waals surface area contributed by atoms with Crippen molar-refractivity contribution in [3.8, 4) is 0 Å². The van der Waals surface area contributed by atoms with Gasteiger partial charge in [0, 0.05) is 12.2 Å². The maximum atomic E-state index is 12.0. The number of nitrogens with two attached hydrogens (primary N) is 1. The number of aryl methyl sites for hydroxylation is 1. The molecule has 0 aliphatic heterocycles. The number of nitrogens with zero attached hydrogens (tertiary/aromatic N) is 3. The molecular formula is C12H14ClN5O. The van der Waals surface area contributed by atoms with Gasteiger partial charge >= 0.3 is 0 Å². The second kappa shape index (κ2) is 5.71. The minimum Gasteiger partial charge on any atom is -0.399 e. The molecule has 19 heavy (non-hydrogen) atoms. The molecule has 0 bridgehead atoms. The molecule has 2 rings (SSSR count). The number of nitrogen functional groups attached to an aromatic ring is 1. The summed E-state index contributed by atoms with van der Waals surface area (Å²) >= 11 is 5.97. The van der Waals surface area contributed by atoms with Crippen LogP contribution < -0.4 is 11.1 Å². The van der Waals surface area contributed by atoms with E-state index in [9.17, 15) is 4.79 Å². The van der Waals surface area contributed by atoms with Crippen molar-refractivity contribution < 1.29 is 4.79 Å². The van der Waals surface area contributed by atoms with Crippen molar-refractivity contribution in [2.45, 2.75) is 20.0 Å². The topological polar surface area (TPSA) is 85.8 Å². The molecule has 2 aromatic rings. The molecule has 7 heteroatoms. The number of hydrogen-bond acceptors (Lipinski definition) is 4. The molecule has 0 unspecified atom stereocenters. The summed E-state index contributed by atoms with van der Waals surface area (Å²) in [5, 5.41) is 10.8. The van der Waals surface area contributed by atoms with Gasteiger partial charge in [0.2, 0.25) is 0 Å². The third-order valence-electron chi connectivity index (χ3n) is 2.68. The first-order valence-electron chi connectivity index (χ1n) is 5.81. The Kier molecular flexibility index (Phi) is 4.01. The monoisotopic (exact) mass is 279 g/mol. The van der Waals surface area contributed by atoms with Crippen LogP contribution in [-0.4, -0.2) is 20.7 Å². The summed E-state index contributed by atoms with van der Waals surface area (Å²) in [6.45, 7) is 3.03. The highest BCUT2D eigenvalue weighted by Gasteiger charge is 2.11. The fourth-order valence-corrected chi connectivity index (χ4v) is 1.92. The normalized spacial score (nSPS) is 10.4. The molecule has 1 amide bonds. The van der Waals surface area contributed by atoms with Gasteiger partial charge in [-0.3, -0.25) is 4.79 Å². The summed E-state index contributed by atoms with van der Waals surface area (Å²) in [7, 11) is 0. The van der Waals surface area contributed by atoms with Crippen molar-refractivity contribution >= 4 is 23.2 Å². The third kappa shape index (κ3) is 3.03. The number of carbonyl (C=O) groups excluding carboxylic acids is 1. The van der Waals surface area contributed by atoms with Crippen molar-refractivity contribution in [1.82, 2.24) is 20.1 Å². The van der Waals surface area contributed by atoms with Gasteiger partial charge < -0.3 is 15.6 Å². The van der Waals surface area contributed by atoms with Gasteiger partial charge in [-0.25, -0.2) is 0 Å². The van der Waals surface area contributed by atoms with Crippen LogP contribution in [0.5, 0.6) is 0 Å². The number of hydrogen-bond donors (Lipinski definition) is 2. The molecule has 1 aromatic carbocycles. The number of anilines is 1. The summed E-state index contributed by atoms with van der Waals surface area (Å²) in [4.78, 5) is 12.0. The summed E-state index contributed by atoms with van der Waals surface area (Å²) in [5.74, 6) is 0.429. The molecule has 3 N–H and O–H groups in total. The van der Waals surface area contributed by atoms with E-state index in [4.69, 9.17) is 17.3 Å². The molecule has 0 radical (unpaired) electrons. The first-order chi connectivity index (χ1) is 9.11. The Bertz CT molecular complexity index is 596. The highest BCUT2D eigenvalue weighted by Crippen LogP contribution is 2.18. The van der Waals surface area contributed by atoms with E-state index in [0.717, 1.165) is 6.54 Å². The van der Waals surface area contributed by atoms with Crippen molar-refractivity contribution in [3.05, 3.63) is 40.9 Å². The molecule has 1 aromatic heterocycles. The van der Waals surface area contributed by atoms with Crippen molar-refractivity contribution in [3.63, 3.8) is 0 Å². The zero-order valence-corrected chi connectivity index (χ0v) is 11.2. The molecule has 0 spiro atoms. The van der Waals surface area contributed by atoms with E-state index in [2.05, 4.69) is 15.5 Å². The van der Waals surface area contributed by atoms with E-state index in [1.54, 1.807) is 24.5 Å². The van der Waals surface area contributed by atoms with Crippen LogP contribution in [0.25, 0.3) is 0 Å². The first kappa shape index (κ1) is 13.4. The highest BCUT2D eigenvalue weighted by atomic mass is 35.5. The maximum Gasteiger partial charge on any atom is 0.253 e. The fourth-order valence-electron chi connectivity index (χ4n) is 1.65. The smallest absolute Gasteiger partial charge is 0.253 e. The lowest BCUT2D eigenvalue weighted by Crippen LogP contribution is -2.25. The third-order valence-corrected chi connectivity index (χ3v) is 2.99. The van der Waals surface area contributed by atoms with E-state index in [-0.39, 0.29) is 5.91 Å². The molecule has 6 nitrogen and oxygen atoms in total. The fraction of sp³-hybridized carbons (Fsp3) is 0.250. The maximum absolute atomic E-state index is 12.0. The largest absolute Gasteiger partial charge is 0.399 e. The standard InChI is InChI=1S/C12H14ClN5O/c1-2-18-7-16-17-11(18)6-15-12(19)9-4-3-8(14)5-10(9)13/h3-5,7H,2,6,14H2,1H3,(H,15,19). The van der Waals surface area contributed by atoms with Crippen LogP contribution in [0.15, 0.2) is 24.5 Å². The number of carbonyl (C=O) groups is 1. The van der Waals surface area contributed by atoms with Gasteiger partial charge in [0.05, 0.1) is 17.1 Å². The lowest BCUT2D eigenvalue weighted by Gasteiger charge is -2.07. The van der Waals surface area contributed by atoms with Gasteiger partial charge in [-0.2, -0.15) is 0 Å². The average Bonchev–Trinajstić information content (AvgIpc) is 2.83. The van der Waals surface area contributed by atoms with E-state index in [1.165, 1.54) is 0 Å². The predicted octanol–water partition coefficient (Wildman–Crippen LogP) is 1.46. The second-order valence-electron chi connectivity index (χ2n) is 3.96. The molecular weight excluding hydrogens is 266 g/mol. The number of nitrogens with one attached hydrogen (secondary N) is 1. The lowest BCUT2D eigenvalue weighted by atomic mass is 10.2. The average molecular weight is 280 g/mol. The van der Waals surface area contributed by atoms with Gasteiger partial charge in [-0.05, 0) is 25.1 Å². The number of halogens is 1. The first-order valence-corrected chi connectivity index (χ1v) is 6.19. The van der Waals surface area contributed by atoms with Crippen molar-refractivity contribution in [2.24, 2.45) is 0 Å². The highest BCUT2D eigenvalue weighted by molar-refractivity contribution is 6.34. The molecule has 0 atom stereocenters. The summed E-state index contributed by atoms with van der Waals surface area (Å²) < 4.78 is 1.85. The summed E-state index contributed by atoms with van der Waals surface area (Å²) in [5.41, 5.74) is 6.49. The van der Waals surface area contributed by atoms with Gasteiger partial charge in [-0.1, -0.05) is 11.6 Å². The molecule has 0 saturated carbocycles. The Hall–Kier alpha value is -2.08. The number of amides is 1. The Morgan fingerprint density at radius 1 is 1.53 bits per heavy atom. The Morgan fingerprint density at radius 3 is 3.00 bits per heavy atom. The summed E-state index contributed by atoms with van der Waals surface area (Å²) in [6.07, 6.45) is 1.62. The zero-order chi connectivity index (χ0) is 13.8. The van der Waals surface area contributed by atoms with E-state index >= 15 is 0 Å². The lowest BCUT2D eigenvalue weighted by molar-refractivity contribution is 0.0949. The molecule has 0 aliphatic carbocycles. The van der Waals surface area contributed by atoms with Crippen LogP contribution in [0.4, 0.5) is 5.69 Å².